The van der Waals surface area contributed by atoms with Crippen molar-refractivity contribution in [2.24, 2.45) is 5.41 Å². The minimum Gasteiger partial charge on any atom is -0.481 e. The zero-order valence-corrected chi connectivity index (χ0v) is 10.8. The second-order valence-electron chi connectivity index (χ2n) is 4.73. The van der Waals surface area contributed by atoms with Crippen LogP contribution >= 0.6 is 0 Å². The van der Waals surface area contributed by atoms with Gasteiger partial charge in [-0.3, -0.25) is 0 Å². The third-order valence-electron chi connectivity index (χ3n) is 2.92. The van der Waals surface area contributed by atoms with Crippen molar-refractivity contribution < 1.29 is 4.74 Å². The molecule has 0 saturated carbocycles. The maximum Gasteiger partial charge on any atom is 0.221 e. The van der Waals surface area contributed by atoms with Crippen molar-refractivity contribution in [1.82, 2.24) is 9.97 Å². The molecule has 0 aliphatic rings. The maximum atomic E-state index is 5.15. The predicted octanol–water partition coefficient (Wildman–Crippen LogP) is 2.64. The molecule has 1 N–H and O–H groups in total. The van der Waals surface area contributed by atoms with Crippen LogP contribution < -0.4 is 10.1 Å². The standard InChI is InChI=1S/C12H21N3O/c1-6-12(3,4)7-13-10-9(2)11(16-5)15-8-14-10/h8H,6-7H2,1-5H3,(H,13,14,15). The van der Waals surface area contributed by atoms with E-state index in [2.05, 4.69) is 36.1 Å². The van der Waals surface area contributed by atoms with Crippen LogP contribution in [-0.4, -0.2) is 23.6 Å². The molecule has 0 radical (unpaired) electrons. The first-order valence-electron chi connectivity index (χ1n) is 5.59. The van der Waals surface area contributed by atoms with Crippen LogP contribution in [-0.2, 0) is 0 Å². The summed E-state index contributed by atoms with van der Waals surface area (Å²) < 4.78 is 5.15. The molecule has 0 amide bonds. The number of nitrogens with zero attached hydrogens (tertiary/aromatic N) is 2. The topological polar surface area (TPSA) is 47.0 Å². The molecular weight excluding hydrogens is 202 g/mol. The summed E-state index contributed by atoms with van der Waals surface area (Å²) in [5.41, 5.74) is 1.22. The molecule has 0 atom stereocenters. The number of nitrogens with one attached hydrogen (secondary N) is 1. The summed E-state index contributed by atoms with van der Waals surface area (Å²) in [5, 5.41) is 3.35. The van der Waals surface area contributed by atoms with Crippen molar-refractivity contribution in [1.29, 1.82) is 0 Å². The summed E-state index contributed by atoms with van der Waals surface area (Å²) in [6.07, 6.45) is 2.65. The Morgan fingerprint density at radius 2 is 2.06 bits per heavy atom. The third kappa shape index (κ3) is 3.08. The van der Waals surface area contributed by atoms with E-state index in [-0.39, 0.29) is 5.41 Å². The van der Waals surface area contributed by atoms with E-state index in [9.17, 15) is 0 Å². The lowest BCUT2D eigenvalue weighted by Gasteiger charge is -2.23. The van der Waals surface area contributed by atoms with E-state index in [0.717, 1.165) is 24.3 Å². The largest absolute Gasteiger partial charge is 0.481 e. The molecule has 90 valence electrons. The minimum absolute atomic E-state index is 0.268. The van der Waals surface area contributed by atoms with Gasteiger partial charge in [-0.15, -0.1) is 0 Å². The molecule has 1 heterocycles. The highest BCUT2D eigenvalue weighted by atomic mass is 16.5. The summed E-state index contributed by atoms with van der Waals surface area (Å²) in [4.78, 5) is 8.27. The van der Waals surface area contributed by atoms with Gasteiger partial charge in [-0.25, -0.2) is 9.97 Å². The van der Waals surface area contributed by atoms with Gasteiger partial charge in [0.2, 0.25) is 5.88 Å². The summed E-state index contributed by atoms with van der Waals surface area (Å²) in [7, 11) is 1.62. The number of ether oxygens (including phenoxy) is 1. The first-order valence-corrected chi connectivity index (χ1v) is 5.59. The molecule has 0 aliphatic carbocycles. The summed E-state index contributed by atoms with van der Waals surface area (Å²) in [6, 6.07) is 0. The number of methoxy groups -OCH3 is 1. The molecule has 16 heavy (non-hydrogen) atoms. The molecule has 1 aromatic rings. The Balaban J connectivity index is 2.75. The molecule has 1 rings (SSSR count). The quantitative estimate of drug-likeness (QED) is 0.833. The molecule has 0 saturated heterocycles. The summed E-state index contributed by atoms with van der Waals surface area (Å²) in [5.74, 6) is 1.49. The number of hydrogen-bond donors (Lipinski definition) is 1. The van der Waals surface area contributed by atoms with Crippen LogP contribution in [0.25, 0.3) is 0 Å². The molecular formula is C12H21N3O. The van der Waals surface area contributed by atoms with Crippen molar-refractivity contribution in [2.45, 2.75) is 34.1 Å². The smallest absolute Gasteiger partial charge is 0.221 e. The van der Waals surface area contributed by atoms with Gasteiger partial charge in [-0.2, -0.15) is 0 Å². The molecule has 1 aromatic heterocycles. The number of anilines is 1. The Labute approximate surface area is 97.5 Å². The van der Waals surface area contributed by atoms with E-state index in [1.807, 2.05) is 6.92 Å². The first-order chi connectivity index (χ1) is 7.50. The molecule has 0 bridgehead atoms. The Morgan fingerprint density at radius 3 is 2.62 bits per heavy atom. The van der Waals surface area contributed by atoms with Gasteiger partial charge in [-0.1, -0.05) is 20.8 Å². The fourth-order valence-electron chi connectivity index (χ4n) is 1.27. The van der Waals surface area contributed by atoms with E-state index in [1.54, 1.807) is 7.11 Å². The van der Waals surface area contributed by atoms with Gasteiger partial charge in [0.1, 0.15) is 12.1 Å². The molecule has 0 unspecified atom stereocenters. The van der Waals surface area contributed by atoms with E-state index in [4.69, 9.17) is 4.74 Å². The Morgan fingerprint density at radius 1 is 1.38 bits per heavy atom. The highest BCUT2D eigenvalue weighted by Crippen LogP contribution is 2.23. The van der Waals surface area contributed by atoms with Gasteiger partial charge in [0, 0.05) is 6.54 Å². The van der Waals surface area contributed by atoms with Crippen LogP contribution in [0.3, 0.4) is 0 Å². The number of rotatable bonds is 5. The van der Waals surface area contributed by atoms with E-state index >= 15 is 0 Å². The minimum atomic E-state index is 0.268. The van der Waals surface area contributed by atoms with E-state index in [0.29, 0.717) is 5.88 Å². The fraction of sp³-hybridized carbons (Fsp3) is 0.667. The van der Waals surface area contributed by atoms with Crippen LogP contribution in [0, 0.1) is 12.3 Å². The van der Waals surface area contributed by atoms with Crippen molar-refractivity contribution >= 4 is 5.82 Å². The lowest BCUT2D eigenvalue weighted by Crippen LogP contribution is -2.23. The van der Waals surface area contributed by atoms with Crippen molar-refractivity contribution in [2.75, 3.05) is 19.0 Å². The van der Waals surface area contributed by atoms with Crippen molar-refractivity contribution in [3.63, 3.8) is 0 Å². The maximum absolute atomic E-state index is 5.15. The van der Waals surface area contributed by atoms with Crippen LogP contribution in [0.4, 0.5) is 5.82 Å². The number of hydrogen-bond acceptors (Lipinski definition) is 4. The first kappa shape index (κ1) is 12.7. The van der Waals surface area contributed by atoms with Gasteiger partial charge < -0.3 is 10.1 Å². The SMILES string of the molecule is CCC(C)(C)CNc1ncnc(OC)c1C. The van der Waals surface area contributed by atoms with Gasteiger partial charge in [-0.05, 0) is 18.8 Å². The fourth-order valence-corrected chi connectivity index (χ4v) is 1.27. The lowest BCUT2D eigenvalue weighted by molar-refractivity contribution is 0.375. The van der Waals surface area contributed by atoms with Gasteiger partial charge >= 0.3 is 0 Å². The number of aromatic nitrogens is 2. The summed E-state index contributed by atoms with van der Waals surface area (Å²) in [6.45, 7) is 9.50. The molecule has 4 heteroatoms. The molecule has 0 spiro atoms. The highest BCUT2D eigenvalue weighted by Gasteiger charge is 2.16. The second-order valence-corrected chi connectivity index (χ2v) is 4.73. The van der Waals surface area contributed by atoms with Crippen LogP contribution in [0.2, 0.25) is 0 Å². The normalized spacial score (nSPS) is 11.3. The summed E-state index contributed by atoms with van der Waals surface area (Å²) >= 11 is 0. The zero-order valence-electron chi connectivity index (χ0n) is 10.8. The Kier molecular flexibility index (Phi) is 4.10. The Hall–Kier alpha value is -1.32. The predicted molar refractivity (Wildman–Crippen MR) is 65.9 cm³/mol. The van der Waals surface area contributed by atoms with Crippen molar-refractivity contribution in [3.05, 3.63) is 11.9 Å². The van der Waals surface area contributed by atoms with Crippen LogP contribution in [0.1, 0.15) is 32.8 Å². The monoisotopic (exact) mass is 223 g/mol. The molecule has 0 aromatic carbocycles. The van der Waals surface area contributed by atoms with Gasteiger partial charge in [0.25, 0.3) is 0 Å². The average molecular weight is 223 g/mol. The molecule has 4 nitrogen and oxygen atoms in total. The zero-order chi connectivity index (χ0) is 12.2. The highest BCUT2D eigenvalue weighted by molar-refractivity contribution is 5.47. The van der Waals surface area contributed by atoms with Crippen LogP contribution in [0.5, 0.6) is 5.88 Å². The lowest BCUT2D eigenvalue weighted by atomic mass is 9.90. The van der Waals surface area contributed by atoms with Crippen LogP contribution in [0.15, 0.2) is 6.33 Å². The third-order valence-corrected chi connectivity index (χ3v) is 2.92. The van der Waals surface area contributed by atoms with Crippen molar-refractivity contribution in [3.8, 4) is 5.88 Å². The second kappa shape index (κ2) is 5.14. The van der Waals surface area contributed by atoms with E-state index < -0.39 is 0 Å². The van der Waals surface area contributed by atoms with Gasteiger partial charge in [0.05, 0.1) is 12.7 Å². The molecule has 0 aliphatic heterocycles. The van der Waals surface area contributed by atoms with Gasteiger partial charge in [0.15, 0.2) is 0 Å². The average Bonchev–Trinajstić information content (AvgIpc) is 2.28. The Bertz CT molecular complexity index is 350. The van der Waals surface area contributed by atoms with E-state index in [1.165, 1.54) is 6.33 Å². The molecule has 0 fully saturated rings.